The zero-order valence-corrected chi connectivity index (χ0v) is 19.7. The number of hydrogen-bond donors (Lipinski definition) is 2. The normalized spacial score (nSPS) is 14.4. The zero-order valence-electron chi connectivity index (χ0n) is 18.2. The Morgan fingerprint density at radius 2 is 1.69 bits per heavy atom. The number of imide groups is 1. The molecule has 14 heteroatoms. The number of amides is 2. The van der Waals surface area contributed by atoms with Crippen molar-refractivity contribution in [1.29, 1.82) is 0 Å². The zero-order chi connectivity index (χ0) is 26.3. The summed E-state index contributed by atoms with van der Waals surface area (Å²) in [7, 11) is -4.03. The fraction of sp³-hybridized carbons (Fsp3) is 0.0909. The van der Waals surface area contributed by atoms with Gasteiger partial charge in [-0.1, -0.05) is 17.7 Å². The van der Waals surface area contributed by atoms with Crippen LogP contribution >= 0.6 is 11.6 Å². The third-order valence-corrected chi connectivity index (χ3v) is 6.61. The number of carbonyl (C=O) groups excluding carboxylic acids is 2. The highest BCUT2D eigenvalue weighted by Gasteiger charge is 2.40. The monoisotopic (exact) mass is 537 g/mol. The number of carbonyl (C=O) groups is 2. The Kier molecular flexibility index (Phi) is 6.45. The average molecular weight is 538 g/mol. The molecule has 36 heavy (non-hydrogen) atoms. The second-order valence-corrected chi connectivity index (χ2v) is 9.52. The van der Waals surface area contributed by atoms with Gasteiger partial charge in [0.15, 0.2) is 0 Å². The maximum absolute atomic E-state index is 13.1. The number of rotatable bonds is 6. The summed E-state index contributed by atoms with van der Waals surface area (Å²) >= 11 is 6.02. The molecule has 4 rings (SSSR count). The van der Waals surface area contributed by atoms with E-state index in [1.165, 1.54) is 36.5 Å². The summed E-state index contributed by atoms with van der Waals surface area (Å²) in [6.45, 7) is 1.67. The van der Waals surface area contributed by atoms with E-state index in [9.17, 15) is 31.2 Å². The molecule has 0 spiro atoms. The van der Waals surface area contributed by atoms with Gasteiger partial charge < -0.3 is 5.32 Å². The van der Waals surface area contributed by atoms with Gasteiger partial charge in [-0.2, -0.15) is 13.2 Å². The first-order chi connectivity index (χ1) is 16.9. The van der Waals surface area contributed by atoms with E-state index in [1.54, 1.807) is 13.0 Å². The lowest BCUT2D eigenvalue weighted by Crippen LogP contribution is -2.32. The second kappa shape index (κ2) is 9.24. The summed E-state index contributed by atoms with van der Waals surface area (Å²) in [5.41, 5.74) is -0.968. The van der Waals surface area contributed by atoms with Crippen molar-refractivity contribution in [2.75, 3.05) is 14.9 Å². The lowest BCUT2D eigenvalue weighted by Gasteiger charge is -2.17. The fourth-order valence-electron chi connectivity index (χ4n) is 3.21. The maximum atomic E-state index is 13.1. The van der Waals surface area contributed by atoms with Gasteiger partial charge in [-0.05, 0) is 55.5 Å². The summed E-state index contributed by atoms with van der Waals surface area (Å²) in [4.78, 5) is 33.6. The van der Waals surface area contributed by atoms with Crippen molar-refractivity contribution in [3.05, 3.63) is 82.8 Å². The molecule has 2 N–H and O–H groups in total. The Morgan fingerprint density at radius 3 is 2.33 bits per heavy atom. The number of anilines is 3. The largest absolute Gasteiger partial charge is 0.416 e. The van der Waals surface area contributed by atoms with Crippen LogP contribution in [0.1, 0.15) is 11.3 Å². The van der Waals surface area contributed by atoms with Crippen LogP contribution in [0, 0.1) is 6.92 Å². The van der Waals surface area contributed by atoms with E-state index in [4.69, 9.17) is 11.6 Å². The predicted molar refractivity (Wildman–Crippen MR) is 124 cm³/mol. The van der Waals surface area contributed by atoms with Crippen LogP contribution in [0.25, 0.3) is 0 Å². The molecular formula is C22H15ClF3N5O4S. The molecule has 0 aliphatic carbocycles. The number of hydrogen-bond acceptors (Lipinski definition) is 7. The van der Waals surface area contributed by atoms with Gasteiger partial charge in [0.05, 0.1) is 16.1 Å². The number of aryl methyl sites for hydroxylation is 1. The smallest absolute Gasteiger partial charge is 0.350 e. The number of benzene rings is 2. The highest BCUT2D eigenvalue weighted by molar-refractivity contribution is 7.92. The minimum absolute atomic E-state index is 0.112. The van der Waals surface area contributed by atoms with Gasteiger partial charge in [-0.15, -0.1) is 0 Å². The van der Waals surface area contributed by atoms with Crippen molar-refractivity contribution in [1.82, 2.24) is 9.97 Å². The van der Waals surface area contributed by atoms with E-state index < -0.39 is 38.6 Å². The van der Waals surface area contributed by atoms with Crippen LogP contribution in [0.3, 0.4) is 0 Å². The van der Waals surface area contributed by atoms with Crippen molar-refractivity contribution in [2.24, 2.45) is 0 Å². The van der Waals surface area contributed by atoms with Crippen LogP contribution in [0.4, 0.5) is 30.5 Å². The minimum Gasteiger partial charge on any atom is -0.350 e. The van der Waals surface area contributed by atoms with Crippen molar-refractivity contribution in [2.45, 2.75) is 18.0 Å². The summed E-state index contributed by atoms with van der Waals surface area (Å²) in [6, 6.07) is 10.4. The van der Waals surface area contributed by atoms with E-state index >= 15 is 0 Å². The molecule has 0 saturated carbocycles. The Labute approximate surface area is 207 Å². The number of nitrogens with zero attached hydrogens (tertiary/aromatic N) is 3. The fourth-order valence-corrected chi connectivity index (χ4v) is 4.37. The van der Waals surface area contributed by atoms with E-state index in [0.717, 1.165) is 12.1 Å². The molecule has 9 nitrogen and oxygen atoms in total. The molecule has 0 radical (unpaired) electrons. The molecule has 0 atom stereocenters. The Hall–Kier alpha value is -3.97. The van der Waals surface area contributed by atoms with E-state index in [1.807, 2.05) is 0 Å². The van der Waals surface area contributed by atoms with Gasteiger partial charge in [-0.25, -0.2) is 28.0 Å². The number of alkyl halides is 3. The first-order valence-corrected chi connectivity index (χ1v) is 11.9. The summed E-state index contributed by atoms with van der Waals surface area (Å²) in [5.74, 6) is -2.09. The van der Waals surface area contributed by atoms with Crippen LogP contribution in [0.2, 0.25) is 0 Å². The van der Waals surface area contributed by atoms with E-state index in [0.29, 0.717) is 16.7 Å². The first-order valence-electron chi connectivity index (χ1n) is 10.0. The number of nitrogens with one attached hydrogen (secondary N) is 2. The van der Waals surface area contributed by atoms with E-state index in [-0.39, 0.29) is 27.9 Å². The lowest BCUT2D eigenvalue weighted by molar-refractivity contribution is -0.137. The minimum atomic E-state index is -4.68. The van der Waals surface area contributed by atoms with Crippen molar-refractivity contribution in [3.63, 3.8) is 0 Å². The predicted octanol–water partition coefficient (Wildman–Crippen LogP) is 4.04. The Morgan fingerprint density at radius 1 is 1.00 bits per heavy atom. The van der Waals surface area contributed by atoms with Crippen LogP contribution in [0.15, 0.2) is 76.4 Å². The summed E-state index contributed by atoms with van der Waals surface area (Å²) in [5, 5.41) is 2.09. The van der Waals surface area contributed by atoms with Crippen LogP contribution in [-0.2, 0) is 25.8 Å². The number of aromatic nitrogens is 2. The molecule has 2 amide bonds. The molecule has 2 heterocycles. The topological polar surface area (TPSA) is 121 Å². The van der Waals surface area contributed by atoms with Crippen molar-refractivity contribution < 1.29 is 31.2 Å². The Bertz CT molecular complexity index is 1510. The molecule has 0 unspecified atom stereocenters. The Balaban J connectivity index is 1.53. The van der Waals surface area contributed by atoms with Crippen LogP contribution < -0.4 is 14.9 Å². The first kappa shape index (κ1) is 25.1. The maximum Gasteiger partial charge on any atom is 0.416 e. The molecule has 0 bridgehead atoms. The van der Waals surface area contributed by atoms with Gasteiger partial charge in [0, 0.05) is 17.6 Å². The number of sulfonamides is 1. The van der Waals surface area contributed by atoms with Gasteiger partial charge in [-0.3, -0.25) is 9.59 Å². The lowest BCUT2D eigenvalue weighted by atomic mass is 10.2. The highest BCUT2D eigenvalue weighted by atomic mass is 35.5. The summed E-state index contributed by atoms with van der Waals surface area (Å²) in [6.07, 6.45) is -3.28. The quantitative estimate of drug-likeness (QED) is 0.455. The average Bonchev–Trinajstić information content (AvgIpc) is 3.02. The molecule has 1 aliphatic heterocycles. The molecule has 186 valence electrons. The van der Waals surface area contributed by atoms with Crippen LogP contribution in [-0.4, -0.2) is 30.2 Å². The van der Waals surface area contributed by atoms with E-state index in [2.05, 4.69) is 20.0 Å². The summed E-state index contributed by atoms with van der Waals surface area (Å²) < 4.78 is 66.6. The molecule has 0 saturated heterocycles. The SMILES string of the molecule is Cc1ccnc(NS(=O)(=O)c2ccc(NC3=C(Cl)C(=O)N(c4cccc(C(F)(F)F)c4)C3=O)cc2)n1. The third-order valence-electron chi connectivity index (χ3n) is 4.91. The van der Waals surface area contributed by atoms with Crippen LogP contribution in [0.5, 0.6) is 0 Å². The number of halogens is 4. The molecule has 2 aromatic carbocycles. The molecule has 1 aromatic heterocycles. The van der Waals surface area contributed by atoms with Gasteiger partial charge in [0.25, 0.3) is 21.8 Å². The molecule has 0 fully saturated rings. The van der Waals surface area contributed by atoms with Crippen molar-refractivity contribution >= 4 is 50.8 Å². The van der Waals surface area contributed by atoms with Gasteiger partial charge in [0.1, 0.15) is 10.7 Å². The third kappa shape index (κ3) is 5.02. The molecular weight excluding hydrogens is 523 g/mol. The molecule has 3 aromatic rings. The second-order valence-electron chi connectivity index (χ2n) is 7.46. The standard InChI is InChI=1S/C22H15ClF3N5O4S/c1-12-9-10-27-21(28-12)30-36(34,35)16-7-5-14(6-8-16)29-18-17(23)19(32)31(20(18)33)15-4-2-3-13(11-15)22(24,25)26/h2-11,29H,1H3,(H,27,28,30). The van der Waals surface area contributed by atoms with Gasteiger partial charge >= 0.3 is 6.18 Å². The van der Waals surface area contributed by atoms with Gasteiger partial charge in [0.2, 0.25) is 5.95 Å². The van der Waals surface area contributed by atoms with Crippen molar-refractivity contribution in [3.8, 4) is 0 Å². The molecule has 1 aliphatic rings. The highest BCUT2D eigenvalue weighted by Crippen LogP contribution is 2.35.